The summed E-state index contributed by atoms with van der Waals surface area (Å²) in [6, 6.07) is 0. The van der Waals surface area contributed by atoms with Crippen LogP contribution in [0, 0.1) is 0 Å². The van der Waals surface area contributed by atoms with Gasteiger partial charge in [0.25, 0.3) is 6.10 Å². The van der Waals surface area contributed by atoms with E-state index in [2.05, 4.69) is 11.3 Å². The molecule has 0 aromatic carbocycles. The SMILES string of the molecule is C=C(F)C(=O)OC(C(F)(F)F)C(F)(F)S(=O)(=O)O. The van der Waals surface area contributed by atoms with Crippen LogP contribution in [0.1, 0.15) is 0 Å². The molecule has 0 aliphatic rings. The molecule has 0 amide bonds. The van der Waals surface area contributed by atoms with Gasteiger partial charge in [0.05, 0.1) is 0 Å². The van der Waals surface area contributed by atoms with Crippen LogP contribution in [-0.2, 0) is 19.6 Å². The minimum atomic E-state index is -6.54. The number of ether oxygens (including phenoxy) is 1. The molecule has 0 aliphatic carbocycles. The summed E-state index contributed by atoms with van der Waals surface area (Å²) in [7, 11) is -6.54. The van der Waals surface area contributed by atoms with Gasteiger partial charge in [-0.25, -0.2) is 4.79 Å². The molecule has 0 aliphatic heterocycles. The topological polar surface area (TPSA) is 80.7 Å². The second-order valence-corrected chi connectivity index (χ2v) is 4.26. The third kappa shape index (κ3) is 3.60. The highest BCUT2D eigenvalue weighted by Gasteiger charge is 2.66. The van der Waals surface area contributed by atoms with Gasteiger partial charge in [0, 0.05) is 0 Å². The Hall–Kier alpha value is -1.30. The zero-order valence-corrected chi connectivity index (χ0v) is 8.86. The molecule has 0 spiro atoms. The van der Waals surface area contributed by atoms with Gasteiger partial charge in [0.15, 0.2) is 0 Å². The van der Waals surface area contributed by atoms with Crippen molar-refractivity contribution in [3.8, 4) is 0 Å². The third-order valence-corrected chi connectivity index (χ3v) is 2.29. The summed E-state index contributed by atoms with van der Waals surface area (Å²) in [6.07, 6.45) is -10.6. The van der Waals surface area contributed by atoms with Crippen LogP contribution in [-0.4, -0.2) is 36.5 Å². The largest absolute Gasteiger partial charge is 0.439 e. The maximum atomic E-state index is 12.7. The maximum Gasteiger partial charge on any atom is 0.432 e. The molecule has 0 aromatic rings. The Morgan fingerprint density at radius 3 is 1.83 bits per heavy atom. The van der Waals surface area contributed by atoms with Crippen LogP contribution in [0.3, 0.4) is 0 Å². The third-order valence-electron chi connectivity index (χ3n) is 1.39. The Bertz CT molecular complexity index is 452. The van der Waals surface area contributed by atoms with Crippen molar-refractivity contribution in [2.24, 2.45) is 0 Å². The minimum Gasteiger partial charge on any atom is -0.439 e. The number of rotatable bonds is 4. The fourth-order valence-corrected chi connectivity index (χ4v) is 1.08. The quantitative estimate of drug-likeness (QED) is 0.368. The highest BCUT2D eigenvalue weighted by molar-refractivity contribution is 7.86. The molecule has 12 heteroatoms. The van der Waals surface area contributed by atoms with Crippen molar-refractivity contribution >= 4 is 16.1 Å². The lowest BCUT2D eigenvalue weighted by atomic mass is 10.3. The van der Waals surface area contributed by atoms with Gasteiger partial charge in [-0.1, -0.05) is 6.58 Å². The summed E-state index contributed by atoms with van der Waals surface area (Å²) >= 11 is 0. The first-order chi connectivity index (χ1) is 7.71. The van der Waals surface area contributed by atoms with E-state index in [0.29, 0.717) is 0 Å². The molecule has 1 atom stereocenters. The Morgan fingerprint density at radius 1 is 1.22 bits per heavy atom. The summed E-state index contributed by atoms with van der Waals surface area (Å²) in [6.45, 7) is 2.17. The predicted molar refractivity (Wildman–Crippen MR) is 42.7 cm³/mol. The average Bonchev–Trinajstić information content (AvgIpc) is 2.09. The molecule has 0 saturated heterocycles. The molecular weight excluding hydrogens is 298 g/mol. The fraction of sp³-hybridized carbons (Fsp3) is 0.500. The van der Waals surface area contributed by atoms with Crippen molar-refractivity contribution in [3.63, 3.8) is 0 Å². The van der Waals surface area contributed by atoms with Gasteiger partial charge in [-0.3, -0.25) is 4.55 Å². The Kier molecular flexibility index (Phi) is 4.42. The van der Waals surface area contributed by atoms with Gasteiger partial charge in [-0.15, -0.1) is 0 Å². The second-order valence-electron chi connectivity index (χ2n) is 2.77. The predicted octanol–water partition coefficient (Wildman–Crippen LogP) is 1.42. The van der Waals surface area contributed by atoms with Crippen molar-refractivity contribution in [3.05, 3.63) is 12.4 Å². The van der Waals surface area contributed by atoms with Gasteiger partial charge >= 0.3 is 27.5 Å². The van der Waals surface area contributed by atoms with Crippen LogP contribution in [0.5, 0.6) is 0 Å². The highest BCUT2D eigenvalue weighted by Crippen LogP contribution is 2.38. The van der Waals surface area contributed by atoms with Gasteiger partial charge in [0.1, 0.15) is 0 Å². The molecule has 1 unspecified atom stereocenters. The monoisotopic (exact) mass is 302 g/mol. The van der Waals surface area contributed by atoms with Crippen molar-refractivity contribution in [2.45, 2.75) is 17.5 Å². The number of esters is 1. The number of carbonyl (C=O) groups is 1. The van der Waals surface area contributed by atoms with Crippen molar-refractivity contribution in [1.82, 2.24) is 0 Å². The lowest BCUT2D eigenvalue weighted by Crippen LogP contribution is -2.52. The van der Waals surface area contributed by atoms with E-state index in [4.69, 9.17) is 4.55 Å². The van der Waals surface area contributed by atoms with E-state index < -0.39 is 39.4 Å². The van der Waals surface area contributed by atoms with E-state index in [1.807, 2.05) is 0 Å². The molecule has 0 rings (SSSR count). The number of carbonyl (C=O) groups excluding carboxylic acids is 1. The van der Waals surface area contributed by atoms with Crippen LogP contribution < -0.4 is 0 Å². The molecule has 0 saturated carbocycles. The van der Waals surface area contributed by atoms with E-state index >= 15 is 0 Å². The molecular formula is C6H4F6O5S. The van der Waals surface area contributed by atoms with Crippen LogP contribution in [0.4, 0.5) is 26.3 Å². The Balaban J connectivity index is 5.55. The van der Waals surface area contributed by atoms with Crippen molar-refractivity contribution < 1.29 is 48.8 Å². The summed E-state index contributed by atoms with van der Waals surface area (Å²) in [4.78, 5) is 10.4. The summed E-state index contributed by atoms with van der Waals surface area (Å²) in [5.41, 5.74) is 0. The minimum absolute atomic E-state index is 2.16. The van der Waals surface area contributed by atoms with Gasteiger partial charge in [-0.05, 0) is 0 Å². The molecule has 0 heterocycles. The normalized spacial score (nSPS) is 15.1. The van der Waals surface area contributed by atoms with E-state index in [1.54, 1.807) is 0 Å². The number of hydrogen-bond acceptors (Lipinski definition) is 4. The van der Waals surface area contributed by atoms with Crippen LogP contribution in [0.15, 0.2) is 12.4 Å². The van der Waals surface area contributed by atoms with E-state index in [0.717, 1.165) is 0 Å². The summed E-state index contributed by atoms with van der Waals surface area (Å²) in [5.74, 6) is -4.70. The first kappa shape index (κ1) is 16.7. The van der Waals surface area contributed by atoms with Crippen LogP contribution in [0.25, 0.3) is 0 Å². The average molecular weight is 302 g/mol. The smallest absolute Gasteiger partial charge is 0.432 e. The van der Waals surface area contributed by atoms with E-state index in [1.165, 1.54) is 0 Å². The zero-order valence-electron chi connectivity index (χ0n) is 8.04. The summed E-state index contributed by atoms with van der Waals surface area (Å²) in [5, 5.41) is -5.89. The lowest BCUT2D eigenvalue weighted by Gasteiger charge is -2.25. The van der Waals surface area contributed by atoms with Gasteiger partial charge in [0.2, 0.25) is 5.83 Å². The lowest BCUT2D eigenvalue weighted by molar-refractivity contribution is -0.258. The number of halogens is 6. The summed E-state index contributed by atoms with van der Waals surface area (Å²) < 4.78 is 105. The van der Waals surface area contributed by atoms with Gasteiger partial charge in [-0.2, -0.15) is 34.8 Å². The van der Waals surface area contributed by atoms with Crippen LogP contribution >= 0.6 is 0 Å². The molecule has 0 radical (unpaired) electrons. The molecule has 0 aromatic heterocycles. The first-order valence-electron chi connectivity index (χ1n) is 3.68. The molecule has 1 N–H and O–H groups in total. The Labute approximate surface area is 95.8 Å². The number of hydrogen-bond donors (Lipinski definition) is 1. The molecule has 0 fully saturated rings. The zero-order chi connectivity index (χ0) is 14.9. The standard InChI is InChI=1S/C6H4F6O5S/c1-2(7)3(13)17-4(5(8,9)10)6(11,12)18(14,15)16/h4H,1H2,(H,14,15,16). The highest BCUT2D eigenvalue weighted by atomic mass is 32.2. The van der Waals surface area contributed by atoms with E-state index in [-0.39, 0.29) is 0 Å². The molecule has 0 bridgehead atoms. The maximum absolute atomic E-state index is 12.7. The Morgan fingerprint density at radius 2 is 1.61 bits per heavy atom. The van der Waals surface area contributed by atoms with E-state index in [9.17, 15) is 39.6 Å². The van der Waals surface area contributed by atoms with Crippen LogP contribution in [0.2, 0.25) is 0 Å². The van der Waals surface area contributed by atoms with Gasteiger partial charge < -0.3 is 4.74 Å². The molecule has 5 nitrogen and oxygen atoms in total. The number of alkyl halides is 5. The second kappa shape index (κ2) is 4.76. The fourth-order valence-electron chi connectivity index (χ4n) is 0.632. The molecule has 106 valence electrons. The van der Waals surface area contributed by atoms with Crippen molar-refractivity contribution in [2.75, 3.05) is 0 Å². The first-order valence-corrected chi connectivity index (χ1v) is 5.12. The van der Waals surface area contributed by atoms with Crippen molar-refractivity contribution in [1.29, 1.82) is 0 Å². The molecule has 18 heavy (non-hydrogen) atoms.